The lowest BCUT2D eigenvalue weighted by Crippen LogP contribution is -2.44. The molecule has 2 amide bonds. The molecule has 2 unspecified atom stereocenters. The summed E-state index contributed by atoms with van der Waals surface area (Å²) < 4.78 is 4.66. The van der Waals surface area contributed by atoms with Crippen LogP contribution in [0.1, 0.15) is 11.5 Å². The molecule has 10 nitrogen and oxygen atoms in total. The van der Waals surface area contributed by atoms with Crippen molar-refractivity contribution in [2.24, 2.45) is 11.7 Å². The fourth-order valence-electron chi connectivity index (χ4n) is 2.72. The number of allylic oxidation sites excluding steroid dienone is 1. The largest absolute Gasteiger partial charge is 0.468 e. The predicted octanol–water partition coefficient (Wildman–Crippen LogP) is 0.551. The number of nitriles is 1. The maximum Gasteiger partial charge on any atom is 0.319 e. The molecule has 0 bridgehead atoms. The van der Waals surface area contributed by atoms with E-state index in [2.05, 4.69) is 10.1 Å². The van der Waals surface area contributed by atoms with Gasteiger partial charge >= 0.3 is 5.97 Å². The van der Waals surface area contributed by atoms with Crippen molar-refractivity contribution in [1.82, 2.24) is 5.32 Å². The number of ether oxygens (including phenoxy) is 1. The quantitative estimate of drug-likeness (QED) is 0.307. The number of nitrogens with zero attached hydrogens (tertiary/aromatic N) is 2. The van der Waals surface area contributed by atoms with E-state index in [1.165, 1.54) is 24.3 Å². The van der Waals surface area contributed by atoms with Gasteiger partial charge in [0, 0.05) is 11.6 Å². The molecule has 27 heavy (non-hydrogen) atoms. The first-order valence-electron chi connectivity index (χ1n) is 7.49. The number of esters is 1. The Morgan fingerprint density at radius 3 is 2.67 bits per heavy atom. The van der Waals surface area contributed by atoms with Gasteiger partial charge in [0.25, 0.3) is 5.69 Å². The Balaban J connectivity index is 2.71. The Morgan fingerprint density at radius 2 is 2.11 bits per heavy atom. The van der Waals surface area contributed by atoms with Gasteiger partial charge in [0.15, 0.2) is 0 Å². The highest BCUT2D eigenvalue weighted by atomic mass is 32.2. The van der Waals surface area contributed by atoms with Crippen molar-refractivity contribution in [3.05, 3.63) is 50.5 Å². The monoisotopic (exact) mass is 390 g/mol. The van der Waals surface area contributed by atoms with E-state index in [1.807, 2.05) is 6.07 Å². The molecule has 140 valence electrons. The molecule has 0 spiro atoms. The number of para-hydroxylation sites is 1. The minimum Gasteiger partial charge on any atom is -0.468 e. The number of carbonyl (C=O) groups is 3. The Labute approximate surface area is 157 Å². The Hall–Kier alpha value is -3.39. The van der Waals surface area contributed by atoms with Crippen LogP contribution in [0.5, 0.6) is 0 Å². The number of methoxy groups -OCH3 is 1. The SMILES string of the molecule is COC(=O)C1C(=O)NC(SCC(N)=O)=C(C#N)C1c1ccccc1[N+](=O)[O-]. The molecule has 0 radical (unpaired) electrons. The van der Waals surface area contributed by atoms with Gasteiger partial charge in [-0.25, -0.2) is 0 Å². The smallest absolute Gasteiger partial charge is 0.319 e. The number of carbonyl (C=O) groups excluding carboxylic acids is 3. The molecular formula is C16H14N4O6S. The number of hydrogen-bond acceptors (Lipinski definition) is 8. The highest BCUT2D eigenvalue weighted by molar-refractivity contribution is 8.03. The molecule has 2 atom stereocenters. The number of rotatable bonds is 6. The van der Waals surface area contributed by atoms with Crippen LogP contribution in [0.25, 0.3) is 0 Å². The summed E-state index contributed by atoms with van der Waals surface area (Å²) >= 11 is 0.805. The number of hydrogen-bond donors (Lipinski definition) is 2. The van der Waals surface area contributed by atoms with Crippen LogP contribution in [-0.4, -0.2) is 35.6 Å². The fourth-order valence-corrected chi connectivity index (χ4v) is 3.50. The topological polar surface area (TPSA) is 165 Å². The predicted molar refractivity (Wildman–Crippen MR) is 93.8 cm³/mol. The van der Waals surface area contributed by atoms with Crippen molar-refractivity contribution < 1.29 is 24.0 Å². The van der Waals surface area contributed by atoms with E-state index in [9.17, 15) is 29.8 Å². The first-order valence-corrected chi connectivity index (χ1v) is 8.47. The van der Waals surface area contributed by atoms with Crippen molar-refractivity contribution in [3.8, 4) is 6.07 Å². The van der Waals surface area contributed by atoms with Crippen molar-refractivity contribution in [2.45, 2.75) is 5.92 Å². The minimum atomic E-state index is -1.50. The van der Waals surface area contributed by atoms with E-state index in [0.717, 1.165) is 18.9 Å². The molecule has 1 heterocycles. The number of thioether (sulfide) groups is 1. The molecule has 11 heteroatoms. The summed E-state index contributed by atoms with van der Waals surface area (Å²) in [6.07, 6.45) is 0. The molecule has 0 saturated heterocycles. The molecule has 0 saturated carbocycles. The second kappa shape index (κ2) is 8.33. The molecule has 0 fully saturated rings. The van der Waals surface area contributed by atoms with Crippen LogP contribution in [0.4, 0.5) is 5.69 Å². The lowest BCUT2D eigenvalue weighted by molar-refractivity contribution is -0.385. The normalized spacial score (nSPS) is 19.0. The number of primary amides is 1. The second-order valence-electron chi connectivity index (χ2n) is 5.39. The summed E-state index contributed by atoms with van der Waals surface area (Å²) in [4.78, 5) is 46.5. The van der Waals surface area contributed by atoms with Gasteiger partial charge in [-0.2, -0.15) is 5.26 Å². The number of benzene rings is 1. The zero-order chi connectivity index (χ0) is 20.1. The van der Waals surface area contributed by atoms with Crippen LogP contribution in [0, 0.1) is 27.4 Å². The number of nitro benzene ring substituents is 1. The van der Waals surface area contributed by atoms with Gasteiger partial charge in [0.05, 0.1) is 40.4 Å². The third-order valence-electron chi connectivity index (χ3n) is 3.81. The van der Waals surface area contributed by atoms with Gasteiger partial charge < -0.3 is 15.8 Å². The first kappa shape index (κ1) is 19.9. The van der Waals surface area contributed by atoms with Gasteiger partial charge in [0.1, 0.15) is 5.92 Å². The van der Waals surface area contributed by atoms with Crippen LogP contribution >= 0.6 is 11.8 Å². The van der Waals surface area contributed by atoms with E-state index in [0.29, 0.717) is 0 Å². The van der Waals surface area contributed by atoms with Crippen LogP contribution in [0.2, 0.25) is 0 Å². The van der Waals surface area contributed by atoms with Crippen LogP contribution in [0.15, 0.2) is 34.9 Å². The highest BCUT2D eigenvalue weighted by Gasteiger charge is 2.46. The standard InChI is InChI=1S/C16H14N4O6S/c1-26-16(23)13-12(8-4-2-3-5-10(8)20(24)25)9(6-17)15(19-14(13)22)27-7-11(18)21/h2-5,12-13H,7H2,1H3,(H2,18,21)(H,19,22). The maximum absolute atomic E-state index is 12.5. The van der Waals surface area contributed by atoms with Crippen LogP contribution in [-0.2, 0) is 19.1 Å². The van der Waals surface area contributed by atoms with Gasteiger partial charge in [-0.3, -0.25) is 24.5 Å². The zero-order valence-electron chi connectivity index (χ0n) is 14.0. The number of amides is 2. The summed E-state index contributed by atoms with van der Waals surface area (Å²) in [7, 11) is 1.07. The number of nitro groups is 1. The summed E-state index contributed by atoms with van der Waals surface area (Å²) in [6, 6.07) is 7.38. The van der Waals surface area contributed by atoms with E-state index < -0.39 is 34.5 Å². The summed E-state index contributed by atoms with van der Waals surface area (Å²) in [5.74, 6) is -5.39. The Bertz CT molecular complexity index is 891. The fraction of sp³-hybridized carbons (Fsp3) is 0.250. The lowest BCUT2D eigenvalue weighted by atomic mass is 9.78. The minimum absolute atomic E-state index is 0.0153. The summed E-state index contributed by atoms with van der Waals surface area (Å²) in [5, 5.41) is 23.5. The Kier molecular flexibility index (Phi) is 6.15. The first-order chi connectivity index (χ1) is 12.8. The molecule has 1 aromatic rings. The molecule has 0 aliphatic carbocycles. The van der Waals surface area contributed by atoms with E-state index in [4.69, 9.17) is 5.73 Å². The zero-order valence-corrected chi connectivity index (χ0v) is 14.8. The second-order valence-corrected chi connectivity index (χ2v) is 6.38. The number of nitrogens with one attached hydrogen (secondary N) is 1. The number of nitrogens with two attached hydrogens (primary N) is 1. The van der Waals surface area contributed by atoms with Gasteiger partial charge in [-0.15, -0.1) is 0 Å². The van der Waals surface area contributed by atoms with Gasteiger partial charge in [0.2, 0.25) is 11.8 Å². The van der Waals surface area contributed by atoms with Crippen molar-refractivity contribution in [3.63, 3.8) is 0 Å². The Morgan fingerprint density at radius 1 is 1.44 bits per heavy atom. The van der Waals surface area contributed by atoms with E-state index >= 15 is 0 Å². The van der Waals surface area contributed by atoms with Crippen molar-refractivity contribution in [1.29, 1.82) is 5.26 Å². The molecule has 1 aromatic carbocycles. The van der Waals surface area contributed by atoms with Crippen molar-refractivity contribution >= 4 is 35.2 Å². The van der Waals surface area contributed by atoms with Gasteiger partial charge in [-0.1, -0.05) is 30.0 Å². The molecule has 2 rings (SSSR count). The lowest BCUT2D eigenvalue weighted by Gasteiger charge is -2.30. The molecular weight excluding hydrogens is 376 g/mol. The summed E-state index contributed by atoms with van der Waals surface area (Å²) in [5.41, 5.74) is 4.67. The van der Waals surface area contributed by atoms with Gasteiger partial charge in [-0.05, 0) is 0 Å². The van der Waals surface area contributed by atoms with Crippen LogP contribution < -0.4 is 11.1 Å². The van der Waals surface area contributed by atoms with Crippen molar-refractivity contribution in [2.75, 3.05) is 12.9 Å². The molecule has 1 aliphatic heterocycles. The third-order valence-corrected chi connectivity index (χ3v) is 4.85. The van der Waals surface area contributed by atoms with E-state index in [-0.39, 0.29) is 27.6 Å². The third kappa shape index (κ3) is 4.06. The summed E-state index contributed by atoms with van der Waals surface area (Å²) in [6.45, 7) is 0. The average Bonchev–Trinajstić information content (AvgIpc) is 2.64. The maximum atomic E-state index is 12.5. The molecule has 0 aromatic heterocycles. The molecule has 1 aliphatic rings. The molecule has 3 N–H and O–H groups in total. The van der Waals surface area contributed by atoms with E-state index in [1.54, 1.807) is 0 Å². The highest BCUT2D eigenvalue weighted by Crippen LogP contribution is 2.43. The average molecular weight is 390 g/mol. The van der Waals surface area contributed by atoms with Crippen LogP contribution in [0.3, 0.4) is 0 Å².